The van der Waals surface area contributed by atoms with Gasteiger partial charge in [-0.15, -0.1) is 5.10 Å². The number of halogens is 1. The van der Waals surface area contributed by atoms with Crippen molar-refractivity contribution in [1.29, 1.82) is 0 Å². The Bertz CT molecular complexity index is 1120. The van der Waals surface area contributed by atoms with E-state index in [1.807, 2.05) is 4.68 Å². The van der Waals surface area contributed by atoms with Gasteiger partial charge in [-0.3, -0.25) is 0 Å². The van der Waals surface area contributed by atoms with Gasteiger partial charge >= 0.3 is 0 Å². The highest BCUT2D eigenvalue weighted by atomic mass is 28.4. The third-order valence-corrected chi connectivity index (χ3v) is 13.8. The predicted molar refractivity (Wildman–Crippen MR) is 146 cm³/mol. The van der Waals surface area contributed by atoms with Crippen LogP contribution in [0.25, 0.3) is 6.08 Å². The molecule has 182 valence electrons. The summed E-state index contributed by atoms with van der Waals surface area (Å²) in [5, 5.41) is 16.1. The summed E-state index contributed by atoms with van der Waals surface area (Å²) in [6, 6.07) is 14.7. The molecule has 1 atom stereocenters. The van der Waals surface area contributed by atoms with Crippen LogP contribution >= 0.6 is 0 Å². The molecule has 0 spiro atoms. The van der Waals surface area contributed by atoms with E-state index < -0.39 is 16.1 Å². The lowest BCUT2D eigenvalue weighted by Gasteiger charge is -2.31. The molecule has 0 aliphatic heterocycles. The number of nitrogens with zero attached hydrogens (tertiary/aromatic N) is 4. The minimum Gasteiger partial charge on any atom is -0.371 e. The van der Waals surface area contributed by atoms with Gasteiger partial charge in [0.2, 0.25) is 0 Å². The number of anilines is 1. The average molecular weight is 496 g/mol. The van der Waals surface area contributed by atoms with Crippen LogP contribution < -0.4 is 5.32 Å². The summed E-state index contributed by atoms with van der Waals surface area (Å²) in [6.45, 7) is 20.8. The van der Waals surface area contributed by atoms with Gasteiger partial charge in [-0.25, -0.2) is 9.07 Å². The zero-order valence-corrected chi connectivity index (χ0v) is 23.9. The molecule has 3 aromatic rings. The summed E-state index contributed by atoms with van der Waals surface area (Å²) >= 11 is 0. The first-order valence-electron chi connectivity index (χ1n) is 11.8. The fourth-order valence-electron chi connectivity index (χ4n) is 4.37. The second-order valence-corrected chi connectivity index (χ2v) is 22.5. The van der Waals surface area contributed by atoms with Gasteiger partial charge in [0.25, 0.3) is 0 Å². The maximum Gasteiger partial charge on any atom is 0.178 e. The molecule has 0 saturated carbocycles. The molecular weight excluding hydrogens is 457 g/mol. The normalized spacial score (nSPS) is 13.5. The van der Waals surface area contributed by atoms with Crippen molar-refractivity contribution in [1.82, 2.24) is 20.2 Å². The first kappa shape index (κ1) is 26.0. The molecule has 3 rings (SSSR count). The molecule has 5 nitrogen and oxygen atoms in total. The number of tetrazole rings is 1. The highest BCUT2D eigenvalue weighted by Crippen LogP contribution is 2.30. The van der Waals surface area contributed by atoms with E-state index in [-0.39, 0.29) is 17.4 Å². The second-order valence-electron chi connectivity index (χ2n) is 11.9. The Labute approximate surface area is 205 Å². The molecule has 0 aliphatic carbocycles. The summed E-state index contributed by atoms with van der Waals surface area (Å²) in [5.41, 5.74) is 2.79. The predicted octanol–water partition coefficient (Wildman–Crippen LogP) is 6.91. The largest absolute Gasteiger partial charge is 0.371 e. The van der Waals surface area contributed by atoms with E-state index in [9.17, 15) is 4.39 Å². The topological polar surface area (TPSA) is 55.6 Å². The van der Waals surface area contributed by atoms with E-state index in [4.69, 9.17) is 0 Å². The maximum absolute atomic E-state index is 13.5. The first-order valence-corrected chi connectivity index (χ1v) is 18.8. The minimum absolute atomic E-state index is 0.265. The molecule has 0 radical (unpaired) electrons. The Morgan fingerprint density at radius 1 is 0.912 bits per heavy atom. The molecule has 0 saturated heterocycles. The van der Waals surface area contributed by atoms with E-state index in [1.54, 1.807) is 17.0 Å². The Morgan fingerprint density at radius 2 is 1.47 bits per heavy atom. The fraction of sp³-hybridized carbons (Fsp3) is 0.423. The molecule has 0 fully saturated rings. The molecule has 1 N–H and O–H groups in total. The zero-order chi connectivity index (χ0) is 25.3. The van der Waals surface area contributed by atoms with Gasteiger partial charge < -0.3 is 5.32 Å². The van der Waals surface area contributed by atoms with E-state index >= 15 is 0 Å². The van der Waals surface area contributed by atoms with Crippen molar-refractivity contribution in [3.05, 3.63) is 76.1 Å². The number of benzene rings is 2. The molecule has 1 aromatic heterocycles. The molecule has 0 bridgehead atoms. The molecule has 0 aliphatic rings. The fourth-order valence-corrected chi connectivity index (χ4v) is 14.6. The van der Waals surface area contributed by atoms with Gasteiger partial charge in [0.15, 0.2) is 5.82 Å². The van der Waals surface area contributed by atoms with E-state index in [2.05, 4.69) is 111 Å². The van der Waals surface area contributed by atoms with Crippen LogP contribution in [-0.4, -0.2) is 36.4 Å². The molecular formula is C26H38FN5Si2. The van der Waals surface area contributed by atoms with E-state index in [0.717, 1.165) is 11.3 Å². The lowest BCUT2D eigenvalue weighted by molar-refractivity contribution is 0.333. The van der Waals surface area contributed by atoms with Crippen LogP contribution in [0.15, 0.2) is 53.4 Å². The van der Waals surface area contributed by atoms with Crippen LogP contribution in [0.4, 0.5) is 10.1 Å². The molecule has 1 unspecified atom stereocenters. The average Bonchev–Trinajstić information content (AvgIpc) is 3.21. The van der Waals surface area contributed by atoms with Crippen molar-refractivity contribution in [2.75, 3.05) is 5.32 Å². The lowest BCUT2D eigenvalue weighted by atomic mass is 10.0. The van der Waals surface area contributed by atoms with Gasteiger partial charge in [-0.1, -0.05) is 74.4 Å². The SMILES string of the molecule is CC(C)(C)n1nnnc1C(Nc1ccc(F)cc1)c1ccc(C=C([Si](C)(C)C)[Si](C)(C)C)cc1. The number of nitrogens with one attached hydrogen (secondary N) is 1. The Morgan fingerprint density at radius 3 is 1.97 bits per heavy atom. The van der Waals surface area contributed by atoms with Crippen molar-refractivity contribution in [2.24, 2.45) is 0 Å². The second kappa shape index (κ2) is 9.58. The van der Waals surface area contributed by atoms with Gasteiger partial charge in [0.05, 0.1) is 21.7 Å². The summed E-state index contributed by atoms with van der Waals surface area (Å²) in [4.78, 5) is 1.67. The van der Waals surface area contributed by atoms with Crippen molar-refractivity contribution < 1.29 is 4.39 Å². The number of hydrogen-bond donors (Lipinski definition) is 1. The quantitative estimate of drug-likeness (QED) is 0.362. The van der Waals surface area contributed by atoms with Crippen LogP contribution in [0.2, 0.25) is 39.3 Å². The smallest absolute Gasteiger partial charge is 0.178 e. The summed E-state index contributed by atoms with van der Waals surface area (Å²) in [5.74, 6) is 0.448. The van der Waals surface area contributed by atoms with Crippen molar-refractivity contribution in [3.8, 4) is 0 Å². The van der Waals surface area contributed by atoms with Crippen molar-refractivity contribution >= 4 is 27.9 Å². The standard InChI is InChI=1S/C26H38FN5Si2/c1-26(2,3)32-25(29-30-31-32)24(28-22-16-14-21(27)15-17-22)20-12-10-19(11-13-20)18-23(33(4,5)6)34(7,8)9/h10-18,24,28H,1-9H3. The molecule has 34 heavy (non-hydrogen) atoms. The van der Waals surface area contributed by atoms with Crippen LogP contribution in [0.3, 0.4) is 0 Å². The first-order chi connectivity index (χ1) is 15.7. The lowest BCUT2D eigenvalue weighted by Crippen LogP contribution is -2.39. The van der Waals surface area contributed by atoms with E-state index in [0.29, 0.717) is 5.82 Å². The Balaban J connectivity index is 2.04. The Hall–Kier alpha value is -2.59. The highest BCUT2D eigenvalue weighted by Gasteiger charge is 2.31. The van der Waals surface area contributed by atoms with Gasteiger partial charge in [0.1, 0.15) is 11.9 Å². The van der Waals surface area contributed by atoms with Gasteiger partial charge in [0, 0.05) is 5.69 Å². The maximum atomic E-state index is 13.5. The summed E-state index contributed by atoms with van der Waals surface area (Å²) < 4.78 is 15.3. The zero-order valence-electron chi connectivity index (χ0n) is 21.9. The Kier molecular flexibility index (Phi) is 7.33. The van der Waals surface area contributed by atoms with Gasteiger partial charge in [-0.2, -0.15) is 0 Å². The van der Waals surface area contributed by atoms with Crippen LogP contribution in [0, 0.1) is 5.82 Å². The molecule has 8 heteroatoms. The number of rotatable bonds is 7. The highest BCUT2D eigenvalue weighted by molar-refractivity contribution is 7.05. The summed E-state index contributed by atoms with van der Waals surface area (Å²) in [7, 11) is -2.84. The number of hydrogen-bond acceptors (Lipinski definition) is 4. The van der Waals surface area contributed by atoms with Crippen molar-refractivity contribution in [3.63, 3.8) is 0 Å². The van der Waals surface area contributed by atoms with Gasteiger partial charge in [-0.05, 0) is 66.6 Å². The molecule has 2 aromatic carbocycles. The summed E-state index contributed by atoms with van der Waals surface area (Å²) in [6.07, 6.45) is 2.42. The third-order valence-electron chi connectivity index (χ3n) is 5.74. The van der Waals surface area contributed by atoms with Crippen LogP contribution in [-0.2, 0) is 5.54 Å². The molecule has 0 amide bonds. The minimum atomic E-state index is -1.42. The third kappa shape index (κ3) is 6.30. The monoisotopic (exact) mass is 495 g/mol. The van der Waals surface area contributed by atoms with Crippen LogP contribution in [0.5, 0.6) is 0 Å². The van der Waals surface area contributed by atoms with Crippen LogP contribution in [0.1, 0.15) is 43.8 Å². The number of aromatic nitrogens is 4. The van der Waals surface area contributed by atoms with E-state index in [1.165, 1.54) is 17.7 Å². The molecule has 1 heterocycles. The van der Waals surface area contributed by atoms with Crippen molar-refractivity contribution in [2.45, 2.75) is 71.6 Å².